The van der Waals surface area contributed by atoms with Crippen molar-refractivity contribution < 1.29 is 19.2 Å². The summed E-state index contributed by atoms with van der Waals surface area (Å²) in [5.41, 5.74) is 10.3. The van der Waals surface area contributed by atoms with Crippen LogP contribution in [0.5, 0.6) is 0 Å². The van der Waals surface area contributed by atoms with E-state index in [2.05, 4.69) is 10.2 Å². The summed E-state index contributed by atoms with van der Waals surface area (Å²) in [6.07, 6.45) is 2.20. The fraction of sp³-hybridized carbons (Fsp3) is 0.304. The SMILES string of the molecule is Nc1ccc2c(c1)N(Cc1cccc3c1C(=O)N(C1CCC(=O)NC1=O)C3=O)CCC2. The maximum Gasteiger partial charge on any atom is 0.262 e. The van der Waals surface area contributed by atoms with Gasteiger partial charge in [0.25, 0.3) is 11.8 Å². The first kappa shape index (κ1) is 19.3. The molecule has 158 valence electrons. The molecule has 31 heavy (non-hydrogen) atoms. The number of nitrogens with two attached hydrogens (primary N) is 1. The number of nitrogen functional groups attached to an aromatic ring is 1. The number of fused-ring (bicyclic) bond motifs is 2. The summed E-state index contributed by atoms with van der Waals surface area (Å²) in [4.78, 5) is 53.3. The van der Waals surface area contributed by atoms with E-state index in [-0.39, 0.29) is 18.7 Å². The highest BCUT2D eigenvalue weighted by Gasteiger charge is 2.45. The second-order valence-electron chi connectivity index (χ2n) is 8.20. The van der Waals surface area contributed by atoms with Crippen molar-refractivity contribution in [2.75, 3.05) is 17.2 Å². The van der Waals surface area contributed by atoms with Crippen molar-refractivity contribution in [2.45, 2.75) is 38.3 Å². The highest BCUT2D eigenvalue weighted by atomic mass is 16.2. The number of hydrogen-bond donors (Lipinski definition) is 2. The Balaban J connectivity index is 1.48. The van der Waals surface area contributed by atoms with Crippen LogP contribution in [-0.4, -0.2) is 41.1 Å². The first-order chi connectivity index (χ1) is 14.9. The smallest absolute Gasteiger partial charge is 0.262 e. The number of carbonyl (C=O) groups excluding carboxylic acids is 4. The molecule has 3 aliphatic rings. The molecule has 0 aromatic heterocycles. The number of amides is 4. The van der Waals surface area contributed by atoms with Crippen LogP contribution in [0, 0.1) is 0 Å². The lowest BCUT2D eigenvalue weighted by atomic mass is 9.98. The normalized spacial score (nSPS) is 20.6. The van der Waals surface area contributed by atoms with Crippen LogP contribution in [0.2, 0.25) is 0 Å². The van der Waals surface area contributed by atoms with Crippen LogP contribution in [0.3, 0.4) is 0 Å². The van der Waals surface area contributed by atoms with Crippen molar-refractivity contribution in [2.24, 2.45) is 0 Å². The summed E-state index contributed by atoms with van der Waals surface area (Å²) in [5, 5.41) is 2.23. The van der Waals surface area contributed by atoms with E-state index >= 15 is 0 Å². The number of imide groups is 2. The quantitative estimate of drug-likeness (QED) is 0.579. The van der Waals surface area contributed by atoms with Gasteiger partial charge in [-0.25, -0.2) is 0 Å². The highest BCUT2D eigenvalue weighted by molar-refractivity contribution is 6.24. The number of rotatable bonds is 3. The first-order valence-corrected chi connectivity index (χ1v) is 10.4. The Bertz CT molecular complexity index is 1140. The van der Waals surface area contributed by atoms with E-state index in [1.165, 1.54) is 5.56 Å². The third kappa shape index (κ3) is 3.15. The minimum Gasteiger partial charge on any atom is -0.399 e. The number of nitrogens with zero attached hydrogens (tertiary/aromatic N) is 2. The van der Waals surface area contributed by atoms with Crippen molar-refractivity contribution in [3.8, 4) is 0 Å². The van der Waals surface area contributed by atoms with Gasteiger partial charge in [-0.2, -0.15) is 0 Å². The summed E-state index contributed by atoms with van der Waals surface area (Å²) in [6, 6.07) is 10.1. The predicted molar refractivity (Wildman–Crippen MR) is 113 cm³/mol. The summed E-state index contributed by atoms with van der Waals surface area (Å²) in [7, 11) is 0. The second-order valence-corrected chi connectivity index (χ2v) is 8.20. The van der Waals surface area contributed by atoms with Gasteiger partial charge in [-0.05, 0) is 48.6 Å². The molecule has 3 N–H and O–H groups in total. The maximum atomic E-state index is 13.3. The average Bonchev–Trinajstić information content (AvgIpc) is 3.00. The lowest BCUT2D eigenvalue weighted by Crippen LogP contribution is -2.54. The standard InChI is InChI=1S/C23H22N4O4/c24-15-7-6-13-4-2-10-26(18(13)11-15)12-14-3-1-5-16-20(14)23(31)27(22(16)30)17-8-9-19(28)25-21(17)29/h1,3,5-7,11,17H,2,4,8-10,12,24H2,(H,25,28,29). The summed E-state index contributed by atoms with van der Waals surface area (Å²) < 4.78 is 0. The molecule has 8 nitrogen and oxygen atoms in total. The number of anilines is 2. The van der Waals surface area contributed by atoms with Crippen LogP contribution < -0.4 is 16.0 Å². The van der Waals surface area contributed by atoms with Crippen LogP contribution in [0.15, 0.2) is 36.4 Å². The molecule has 0 aliphatic carbocycles. The van der Waals surface area contributed by atoms with Gasteiger partial charge >= 0.3 is 0 Å². The molecule has 1 saturated heterocycles. The van der Waals surface area contributed by atoms with Gasteiger partial charge in [-0.3, -0.25) is 29.4 Å². The third-order valence-corrected chi connectivity index (χ3v) is 6.24. The van der Waals surface area contributed by atoms with Gasteiger partial charge in [0.15, 0.2) is 0 Å². The van der Waals surface area contributed by atoms with Gasteiger partial charge in [-0.1, -0.05) is 18.2 Å². The molecule has 1 fully saturated rings. The van der Waals surface area contributed by atoms with Crippen molar-refractivity contribution in [1.29, 1.82) is 0 Å². The van der Waals surface area contributed by atoms with Crippen molar-refractivity contribution >= 4 is 35.0 Å². The largest absolute Gasteiger partial charge is 0.399 e. The van der Waals surface area contributed by atoms with E-state index in [0.717, 1.165) is 35.5 Å². The van der Waals surface area contributed by atoms with E-state index < -0.39 is 23.8 Å². The summed E-state index contributed by atoms with van der Waals surface area (Å²) in [6.45, 7) is 1.28. The Morgan fingerprint density at radius 1 is 1.03 bits per heavy atom. The second kappa shape index (κ2) is 7.23. The lowest BCUT2D eigenvalue weighted by molar-refractivity contribution is -0.136. The minimum absolute atomic E-state index is 0.0999. The molecule has 8 heteroatoms. The molecule has 2 aromatic carbocycles. The minimum atomic E-state index is -0.964. The number of hydrogen-bond acceptors (Lipinski definition) is 6. The number of carbonyl (C=O) groups is 4. The number of aryl methyl sites for hydroxylation is 1. The van der Waals surface area contributed by atoms with Gasteiger partial charge in [-0.15, -0.1) is 0 Å². The third-order valence-electron chi connectivity index (χ3n) is 6.24. The average molecular weight is 418 g/mol. The molecule has 3 aliphatic heterocycles. The molecule has 0 spiro atoms. The Morgan fingerprint density at radius 3 is 2.68 bits per heavy atom. The Kier molecular flexibility index (Phi) is 4.50. The van der Waals surface area contributed by atoms with Crippen molar-refractivity contribution in [3.63, 3.8) is 0 Å². The predicted octanol–water partition coefficient (Wildman–Crippen LogP) is 1.62. The van der Waals surface area contributed by atoms with Gasteiger partial charge in [0.1, 0.15) is 6.04 Å². The molecule has 0 radical (unpaired) electrons. The molecule has 3 heterocycles. The van der Waals surface area contributed by atoms with Gasteiger partial charge in [0.05, 0.1) is 11.1 Å². The zero-order valence-corrected chi connectivity index (χ0v) is 16.9. The number of benzene rings is 2. The van der Waals surface area contributed by atoms with Crippen LogP contribution in [0.1, 0.15) is 51.1 Å². The molecule has 0 saturated carbocycles. The molecule has 1 unspecified atom stereocenters. The molecular formula is C23H22N4O4. The van der Waals surface area contributed by atoms with E-state index in [1.807, 2.05) is 24.3 Å². The fourth-order valence-electron chi connectivity index (χ4n) is 4.75. The van der Waals surface area contributed by atoms with Crippen LogP contribution >= 0.6 is 0 Å². The lowest BCUT2D eigenvalue weighted by Gasteiger charge is -2.32. The van der Waals surface area contributed by atoms with Crippen molar-refractivity contribution in [1.82, 2.24) is 10.2 Å². The summed E-state index contributed by atoms with van der Waals surface area (Å²) >= 11 is 0. The van der Waals surface area contributed by atoms with E-state index in [0.29, 0.717) is 23.4 Å². The zero-order valence-electron chi connectivity index (χ0n) is 16.9. The Hall–Kier alpha value is -3.68. The number of nitrogens with one attached hydrogen (secondary N) is 1. The van der Waals surface area contributed by atoms with Gasteiger partial charge in [0.2, 0.25) is 11.8 Å². The fourth-order valence-corrected chi connectivity index (χ4v) is 4.75. The molecule has 1 atom stereocenters. The zero-order chi connectivity index (χ0) is 21.7. The molecular weight excluding hydrogens is 396 g/mol. The van der Waals surface area contributed by atoms with Crippen molar-refractivity contribution in [3.05, 3.63) is 58.7 Å². The highest BCUT2D eigenvalue weighted by Crippen LogP contribution is 2.34. The Labute approximate surface area is 179 Å². The van der Waals surface area contributed by atoms with Gasteiger partial charge < -0.3 is 10.6 Å². The molecule has 0 bridgehead atoms. The maximum absolute atomic E-state index is 13.3. The molecule has 4 amide bonds. The van der Waals surface area contributed by atoms with E-state index in [1.54, 1.807) is 12.1 Å². The Morgan fingerprint density at radius 2 is 1.87 bits per heavy atom. The van der Waals surface area contributed by atoms with Crippen LogP contribution in [0.25, 0.3) is 0 Å². The van der Waals surface area contributed by atoms with Gasteiger partial charge in [0, 0.05) is 30.9 Å². The monoisotopic (exact) mass is 418 g/mol. The van der Waals surface area contributed by atoms with E-state index in [4.69, 9.17) is 5.73 Å². The topological polar surface area (TPSA) is 113 Å². The van der Waals surface area contributed by atoms with E-state index in [9.17, 15) is 19.2 Å². The van der Waals surface area contributed by atoms with Crippen LogP contribution in [-0.2, 0) is 22.6 Å². The first-order valence-electron chi connectivity index (χ1n) is 10.4. The number of piperidine rings is 1. The molecule has 5 rings (SSSR count). The summed E-state index contributed by atoms with van der Waals surface area (Å²) in [5.74, 6) is -1.95. The van der Waals surface area contributed by atoms with Crippen LogP contribution in [0.4, 0.5) is 11.4 Å². The molecule has 2 aromatic rings.